The van der Waals surface area contributed by atoms with Gasteiger partial charge in [-0.05, 0) is 20.8 Å². The SMILES string of the molecule is CC(=O)[O-].CC(=O)[O-].CC(=O)[O-].C[O][Ti+3]. The van der Waals surface area contributed by atoms with Crippen LogP contribution in [0.15, 0.2) is 0 Å². The van der Waals surface area contributed by atoms with E-state index < -0.39 is 17.9 Å². The van der Waals surface area contributed by atoms with Crippen molar-refractivity contribution >= 4 is 17.9 Å². The Morgan fingerprint density at radius 2 is 0.867 bits per heavy atom. The molecule has 0 radical (unpaired) electrons. The second kappa shape index (κ2) is 23.2. The third kappa shape index (κ3) is 1920. The standard InChI is InChI=1S/3C2H4O2.CH3O.Ti/c3*1-2(3)4;1-2;/h3*1H3,(H,3,4);1H3;/q;;;-1;+4/p-3. The number of aliphatic carboxylic acids is 3. The Balaban J connectivity index is -0.0000000542. The average Bonchev–Trinajstić information content (AvgIpc) is 1.81. The van der Waals surface area contributed by atoms with Crippen LogP contribution < -0.4 is 15.3 Å². The average molecular weight is 256 g/mol. The van der Waals surface area contributed by atoms with Crippen molar-refractivity contribution in [1.82, 2.24) is 0 Å². The van der Waals surface area contributed by atoms with Gasteiger partial charge in [-0.2, -0.15) is 0 Å². The molecule has 8 heteroatoms. The molecule has 0 fully saturated rings. The van der Waals surface area contributed by atoms with Crippen molar-refractivity contribution in [3.8, 4) is 0 Å². The Bertz CT molecular complexity index is 128. The van der Waals surface area contributed by atoms with E-state index in [0.29, 0.717) is 0 Å². The Kier molecular flexibility index (Phi) is 36.6. The fourth-order valence-corrected chi connectivity index (χ4v) is 0. The predicted molar refractivity (Wildman–Crippen MR) is 39.1 cm³/mol. The summed E-state index contributed by atoms with van der Waals surface area (Å²) in [5.41, 5.74) is 0. The predicted octanol–water partition coefficient (Wildman–Crippen LogP) is -3.64. The molecule has 0 aromatic carbocycles. The van der Waals surface area contributed by atoms with E-state index >= 15 is 0 Å². The minimum absolute atomic E-state index is 0.972. The number of carboxylic acid groups (broad SMARTS) is 3. The zero-order valence-electron chi connectivity index (χ0n) is 8.86. The number of hydrogen-bond donors (Lipinski definition) is 0. The number of carboxylic acids is 3. The van der Waals surface area contributed by atoms with Crippen molar-refractivity contribution in [2.75, 3.05) is 7.11 Å². The van der Waals surface area contributed by atoms with Crippen LogP contribution in [0.5, 0.6) is 0 Å². The first-order chi connectivity index (χ1) is 6.61. The quantitative estimate of drug-likeness (QED) is 0.408. The van der Waals surface area contributed by atoms with Crippen LogP contribution in [-0.2, 0) is 38.5 Å². The van der Waals surface area contributed by atoms with Crippen molar-refractivity contribution in [3.05, 3.63) is 0 Å². The van der Waals surface area contributed by atoms with Gasteiger partial charge in [-0.3, -0.25) is 0 Å². The minimum atomic E-state index is -1.08. The molecule has 0 aliphatic rings. The summed E-state index contributed by atoms with van der Waals surface area (Å²) in [5, 5.41) is 26.7. The first-order valence-corrected chi connectivity index (χ1v) is 3.97. The first-order valence-electron chi connectivity index (χ1n) is 3.34. The van der Waals surface area contributed by atoms with Gasteiger partial charge >= 0.3 is 31.3 Å². The molecule has 0 amide bonds. The molecule has 0 aromatic rings. The monoisotopic (exact) mass is 256 g/mol. The molecular formula is C7H12O7Ti. The summed E-state index contributed by atoms with van der Waals surface area (Å²) in [4.78, 5) is 26.7. The molecule has 15 heavy (non-hydrogen) atoms. The second-order valence-corrected chi connectivity index (χ2v) is 2.32. The van der Waals surface area contributed by atoms with Crippen LogP contribution in [-0.4, -0.2) is 25.0 Å². The van der Waals surface area contributed by atoms with Crippen molar-refractivity contribution in [2.24, 2.45) is 0 Å². The van der Waals surface area contributed by atoms with E-state index in [-0.39, 0.29) is 0 Å². The van der Waals surface area contributed by atoms with Crippen LogP contribution in [0.1, 0.15) is 20.8 Å². The molecule has 0 rings (SSSR count). The van der Waals surface area contributed by atoms with Gasteiger partial charge in [0.1, 0.15) is 0 Å². The van der Waals surface area contributed by atoms with Gasteiger partial charge in [0, 0.05) is 17.9 Å². The molecule has 0 atom stereocenters. The van der Waals surface area contributed by atoms with Gasteiger partial charge in [-0.15, -0.1) is 0 Å². The summed E-state index contributed by atoms with van der Waals surface area (Å²) in [7, 11) is 1.62. The molecule has 7 nitrogen and oxygen atoms in total. The summed E-state index contributed by atoms with van der Waals surface area (Å²) in [6.07, 6.45) is 0. The first kappa shape index (κ1) is 23.7. The van der Waals surface area contributed by atoms with Crippen molar-refractivity contribution in [2.45, 2.75) is 20.8 Å². The maximum absolute atomic E-state index is 8.89. The van der Waals surface area contributed by atoms with Crippen LogP contribution in [0.3, 0.4) is 0 Å². The van der Waals surface area contributed by atoms with Gasteiger partial charge in [0.05, 0.1) is 0 Å². The Morgan fingerprint density at radius 1 is 0.867 bits per heavy atom. The van der Waals surface area contributed by atoms with Crippen LogP contribution in [0.4, 0.5) is 0 Å². The van der Waals surface area contributed by atoms with E-state index in [0.717, 1.165) is 20.8 Å². The zero-order valence-corrected chi connectivity index (χ0v) is 10.4. The maximum atomic E-state index is 8.89. The molecule has 0 bridgehead atoms. The summed E-state index contributed by atoms with van der Waals surface area (Å²) in [5.74, 6) is -3.25. The molecule has 0 saturated heterocycles. The fourth-order valence-electron chi connectivity index (χ4n) is 0. The Hall–Kier alpha value is -0.916. The molecule has 0 unspecified atom stereocenters. The van der Waals surface area contributed by atoms with E-state index in [4.69, 9.17) is 29.7 Å². The Morgan fingerprint density at radius 3 is 0.867 bits per heavy atom. The van der Waals surface area contributed by atoms with Crippen LogP contribution in [0.25, 0.3) is 0 Å². The van der Waals surface area contributed by atoms with Crippen LogP contribution in [0, 0.1) is 0 Å². The number of rotatable bonds is 0. The number of carbonyl (C=O) groups excluding carboxylic acids is 3. The van der Waals surface area contributed by atoms with Crippen molar-refractivity contribution < 1.29 is 53.8 Å². The molecule has 0 heterocycles. The van der Waals surface area contributed by atoms with E-state index in [9.17, 15) is 0 Å². The van der Waals surface area contributed by atoms with Crippen molar-refractivity contribution in [3.63, 3.8) is 0 Å². The van der Waals surface area contributed by atoms with Gasteiger partial charge < -0.3 is 29.7 Å². The molecular weight excluding hydrogens is 244 g/mol. The molecule has 0 saturated carbocycles. The third-order valence-electron chi connectivity index (χ3n) is 0. The molecule has 0 aliphatic heterocycles. The summed E-state index contributed by atoms with van der Waals surface area (Å²) in [6, 6.07) is 0. The molecule has 0 N–H and O–H groups in total. The number of carbonyl (C=O) groups is 3. The van der Waals surface area contributed by atoms with Gasteiger partial charge in [-0.1, -0.05) is 0 Å². The van der Waals surface area contributed by atoms with Gasteiger partial charge in [-0.25, -0.2) is 0 Å². The van der Waals surface area contributed by atoms with E-state index in [1.165, 1.54) is 0 Å². The fraction of sp³-hybridized carbons (Fsp3) is 0.571. The summed E-state index contributed by atoms with van der Waals surface area (Å²) in [6.45, 7) is 2.92. The number of hydrogen-bond acceptors (Lipinski definition) is 7. The second-order valence-electron chi connectivity index (χ2n) is 1.68. The Labute approximate surface area is 99.9 Å². The van der Waals surface area contributed by atoms with Crippen LogP contribution in [0.2, 0.25) is 0 Å². The van der Waals surface area contributed by atoms with Gasteiger partial charge in [0.25, 0.3) is 0 Å². The molecule has 0 aliphatic carbocycles. The molecule has 0 spiro atoms. The topological polar surface area (TPSA) is 130 Å². The normalized spacial score (nSPS) is 6.27. The molecule has 0 aromatic heterocycles. The summed E-state index contributed by atoms with van der Waals surface area (Å²) < 4.78 is 4.25. The van der Waals surface area contributed by atoms with E-state index in [2.05, 4.69) is 3.32 Å². The van der Waals surface area contributed by atoms with E-state index in [1.807, 2.05) is 0 Å². The third-order valence-corrected chi connectivity index (χ3v) is 0. The van der Waals surface area contributed by atoms with E-state index in [1.54, 1.807) is 27.9 Å². The van der Waals surface area contributed by atoms with Gasteiger partial charge in [0.15, 0.2) is 0 Å². The summed E-state index contributed by atoms with van der Waals surface area (Å²) >= 11 is 1.62. The van der Waals surface area contributed by atoms with Crippen molar-refractivity contribution in [1.29, 1.82) is 0 Å². The van der Waals surface area contributed by atoms with Crippen LogP contribution >= 0.6 is 0 Å². The molecule has 86 valence electrons. The van der Waals surface area contributed by atoms with Gasteiger partial charge in [0.2, 0.25) is 0 Å². The zero-order chi connectivity index (χ0) is 13.4.